The zero-order valence-corrected chi connectivity index (χ0v) is 6.49. The average Bonchev–Trinajstić information content (AvgIpc) is 2.04. The Morgan fingerprint density at radius 1 is 1.64 bits per heavy atom. The average molecular weight is 155 g/mol. The fourth-order valence-corrected chi connectivity index (χ4v) is 1.23. The maximum Gasteiger partial charge on any atom is 0.224 e. The van der Waals surface area contributed by atoms with Gasteiger partial charge in [0.15, 0.2) is 0 Å². The summed E-state index contributed by atoms with van der Waals surface area (Å²) < 4.78 is 0. The number of nitrogens with zero attached hydrogens (tertiary/aromatic N) is 1. The molecule has 62 valence electrons. The Balaban J connectivity index is 2.53. The lowest BCUT2D eigenvalue weighted by Gasteiger charge is -2.29. The number of amides is 1. The molecule has 1 fully saturated rings. The van der Waals surface area contributed by atoms with Crippen LogP contribution >= 0.6 is 0 Å². The van der Waals surface area contributed by atoms with Crippen LogP contribution in [0.25, 0.3) is 0 Å². The molecule has 1 aliphatic rings. The van der Waals surface area contributed by atoms with Crippen molar-refractivity contribution in [1.82, 2.24) is 4.90 Å². The normalized spacial score (nSPS) is 21.5. The van der Waals surface area contributed by atoms with Gasteiger partial charge in [0.25, 0.3) is 0 Å². The highest BCUT2D eigenvalue weighted by Gasteiger charge is 2.21. The Hall–Kier alpha value is -0.830. The minimum Gasteiger partial charge on any atom is -0.370 e. The summed E-state index contributed by atoms with van der Waals surface area (Å²) in [6.45, 7) is 4.09. The molecule has 0 aromatic carbocycles. The van der Waals surface area contributed by atoms with Crippen molar-refractivity contribution in [1.29, 1.82) is 0 Å². The third-order valence-corrected chi connectivity index (χ3v) is 1.89. The highest BCUT2D eigenvalue weighted by atomic mass is 16.3. The van der Waals surface area contributed by atoms with Crippen molar-refractivity contribution < 1.29 is 9.90 Å². The third kappa shape index (κ3) is 1.80. The molecule has 1 atom stereocenters. The number of likely N-dealkylation sites (tertiary alicyclic amines) is 1. The highest BCUT2D eigenvalue weighted by Crippen LogP contribution is 2.12. The van der Waals surface area contributed by atoms with Crippen molar-refractivity contribution in [3.8, 4) is 0 Å². The Kier molecular flexibility index (Phi) is 2.65. The van der Waals surface area contributed by atoms with Crippen molar-refractivity contribution in [2.45, 2.75) is 25.5 Å². The van der Waals surface area contributed by atoms with Gasteiger partial charge in [-0.15, -0.1) is 0 Å². The molecule has 0 aromatic rings. The topological polar surface area (TPSA) is 40.5 Å². The number of aliphatic hydroxyl groups is 1. The SMILES string of the molecule is C=CC(O)N1CCCCC1=O. The zero-order valence-electron chi connectivity index (χ0n) is 6.49. The minimum absolute atomic E-state index is 0.0312. The predicted molar refractivity (Wildman–Crippen MR) is 41.8 cm³/mol. The largest absolute Gasteiger partial charge is 0.370 e. The van der Waals surface area contributed by atoms with Gasteiger partial charge in [0.05, 0.1) is 0 Å². The van der Waals surface area contributed by atoms with Crippen LogP contribution in [0.15, 0.2) is 12.7 Å². The van der Waals surface area contributed by atoms with E-state index in [1.54, 1.807) is 0 Å². The number of piperidine rings is 1. The lowest BCUT2D eigenvalue weighted by Crippen LogP contribution is -2.42. The number of carbonyl (C=O) groups excluding carboxylic acids is 1. The summed E-state index contributed by atoms with van der Waals surface area (Å²) in [5.74, 6) is 0.0312. The molecule has 1 amide bonds. The maximum absolute atomic E-state index is 11.1. The minimum atomic E-state index is -0.789. The van der Waals surface area contributed by atoms with Crippen molar-refractivity contribution >= 4 is 5.91 Å². The first-order valence-electron chi connectivity index (χ1n) is 3.86. The molecule has 0 saturated carbocycles. The van der Waals surface area contributed by atoms with E-state index in [1.165, 1.54) is 11.0 Å². The van der Waals surface area contributed by atoms with E-state index in [9.17, 15) is 9.90 Å². The molecule has 1 heterocycles. The van der Waals surface area contributed by atoms with Crippen LogP contribution in [0.5, 0.6) is 0 Å². The van der Waals surface area contributed by atoms with Gasteiger partial charge in [0, 0.05) is 13.0 Å². The summed E-state index contributed by atoms with van der Waals surface area (Å²) in [5, 5.41) is 9.24. The van der Waals surface area contributed by atoms with E-state index >= 15 is 0 Å². The molecule has 1 N–H and O–H groups in total. The molecule has 0 radical (unpaired) electrons. The molecule has 0 bridgehead atoms. The fraction of sp³-hybridized carbons (Fsp3) is 0.625. The van der Waals surface area contributed by atoms with E-state index in [0.717, 1.165) is 12.8 Å². The second-order valence-electron chi connectivity index (χ2n) is 2.69. The van der Waals surface area contributed by atoms with Gasteiger partial charge in [-0.3, -0.25) is 4.79 Å². The molecular weight excluding hydrogens is 142 g/mol. The lowest BCUT2D eigenvalue weighted by atomic mass is 10.1. The Labute approximate surface area is 66.3 Å². The Bertz CT molecular complexity index is 167. The number of aliphatic hydroxyl groups excluding tert-OH is 1. The van der Waals surface area contributed by atoms with Crippen LogP contribution in [0.2, 0.25) is 0 Å². The van der Waals surface area contributed by atoms with Crippen LogP contribution in [0.3, 0.4) is 0 Å². The van der Waals surface area contributed by atoms with Crippen LogP contribution in [0, 0.1) is 0 Å². The summed E-state index contributed by atoms with van der Waals surface area (Å²) in [6, 6.07) is 0. The summed E-state index contributed by atoms with van der Waals surface area (Å²) >= 11 is 0. The predicted octanol–water partition coefficient (Wildman–Crippen LogP) is 0.503. The van der Waals surface area contributed by atoms with Crippen LogP contribution in [-0.2, 0) is 4.79 Å². The summed E-state index contributed by atoms with van der Waals surface area (Å²) in [5.41, 5.74) is 0. The number of hydrogen-bond acceptors (Lipinski definition) is 2. The molecular formula is C8H13NO2. The molecule has 1 aliphatic heterocycles. The third-order valence-electron chi connectivity index (χ3n) is 1.89. The van der Waals surface area contributed by atoms with Crippen LogP contribution in [-0.4, -0.2) is 28.7 Å². The van der Waals surface area contributed by atoms with E-state index in [-0.39, 0.29) is 5.91 Å². The van der Waals surface area contributed by atoms with Crippen molar-refractivity contribution in [3.63, 3.8) is 0 Å². The van der Waals surface area contributed by atoms with Crippen LogP contribution < -0.4 is 0 Å². The van der Waals surface area contributed by atoms with E-state index in [0.29, 0.717) is 13.0 Å². The first-order chi connectivity index (χ1) is 5.25. The smallest absolute Gasteiger partial charge is 0.224 e. The second kappa shape index (κ2) is 3.53. The van der Waals surface area contributed by atoms with E-state index < -0.39 is 6.23 Å². The first kappa shape index (κ1) is 8.27. The first-order valence-corrected chi connectivity index (χ1v) is 3.86. The fourth-order valence-electron chi connectivity index (χ4n) is 1.23. The number of rotatable bonds is 2. The van der Waals surface area contributed by atoms with Crippen molar-refractivity contribution in [2.24, 2.45) is 0 Å². The van der Waals surface area contributed by atoms with Gasteiger partial charge in [-0.25, -0.2) is 0 Å². The van der Waals surface area contributed by atoms with Crippen LogP contribution in [0.1, 0.15) is 19.3 Å². The standard InChI is InChI=1S/C8H13NO2/c1-2-7(10)9-6-4-3-5-8(9)11/h2,7,10H,1,3-6H2. The molecule has 3 nitrogen and oxygen atoms in total. The highest BCUT2D eigenvalue weighted by molar-refractivity contribution is 5.77. The van der Waals surface area contributed by atoms with Gasteiger partial charge in [-0.1, -0.05) is 6.58 Å². The lowest BCUT2D eigenvalue weighted by molar-refractivity contribution is -0.141. The van der Waals surface area contributed by atoms with Gasteiger partial charge in [0.2, 0.25) is 5.91 Å². The van der Waals surface area contributed by atoms with Gasteiger partial charge in [-0.05, 0) is 18.9 Å². The Morgan fingerprint density at radius 3 is 2.91 bits per heavy atom. The monoisotopic (exact) mass is 155 g/mol. The molecule has 0 aliphatic carbocycles. The zero-order chi connectivity index (χ0) is 8.27. The van der Waals surface area contributed by atoms with E-state index in [2.05, 4.69) is 6.58 Å². The van der Waals surface area contributed by atoms with E-state index in [4.69, 9.17) is 0 Å². The summed E-state index contributed by atoms with van der Waals surface area (Å²) in [6.07, 6.45) is 3.08. The van der Waals surface area contributed by atoms with Crippen molar-refractivity contribution in [3.05, 3.63) is 12.7 Å². The molecule has 1 unspecified atom stereocenters. The second-order valence-corrected chi connectivity index (χ2v) is 2.69. The molecule has 0 spiro atoms. The summed E-state index contributed by atoms with van der Waals surface area (Å²) in [7, 11) is 0. The van der Waals surface area contributed by atoms with Gasteiger partial charge in [-0.2, -0.15) is 0 Å². The van der Waals surface area contributed by atoms with Gasteiger partial charge < -0.3 is 10.0 Å². The molecule has 1 saturated heterocycles. The molecule has 3 heteroatoms. The molecule has 1 rings (SSSR count). The van der Waals surface area contributed by atoms with Gasteiger partial charge in [0.1, 0.15) is 6.23 Å². The maximum atomic E-state index is 11.1. The number of carbonyl (C=O) groups is 1. The van der Waals surface area contributed by atoms with Gasteiger partial charge >= 0.3 is 0 Å². The van der Waals surface area contributed by atoms with E-state index in [1.807, 2.05) is 0 Å². The quantitative estimate of drug-likeness (QED) is 0.590. The molecule has 0 aromatic heterocycles. The number of hydrogen-bond donors (Lipinski definition) is 1. The molecule has 11 heavy (non-hydrogen) atoms. The van der Waals surface area contributed by atoms with Crippen molar-refractivity contribution in [2.75, 3.05) is 6.54 Å². The Morgan fingerprint density at radius 2 is 2.36 bits per heavy atom. The van der Waals surface area contributed by atoms with Crippen LogP contribution in [0.4, 0.5) is 0 Å². The summed E-state index contributed by atoms with van der Waals surface area (Å²) in [4.78, 5) is 12.6.